The molecule has 0 atom stereocenters. The first-order valence-electron chi connectivity index (χ1n) is 5.61. The summed E-state index contributed by atoms with van der Waals surface area (Å²) in [6.45, 7) is 2.05. The number of rotatable bonds is 2. The normalized spacial score (nSPS) is 10.0. The molecule has 0 bridgehead atoms. The molecule has 4 heteroatoms. The van der Waals surface area contributed by atoms with Gasteiger partial charge in [-0.1, -0.05) is 31.2 Å². The quantitative estimate of drug-likeness (QED) is 0.844. The molecule has 90 valence electrons. The first-order valence-corrected chi connectivity index (χ1v) is 5.61. The minimum atomic E-state index is -0.430. The second kappa shape index (κ2) is 4.76. The third-order valence-electron chi connectivity index (χ3n) is 2.81. The maximum absolute atomic E-state index is 11.4. The molecule has 4 nitrogen and oxygen atoms in total. The molecule has 0 spiro atoms. The lowest BCUT2D eigenvalue weighted by atomic mass is 10.00. The molecule has 2 rings (SSSR count). The average molecular weight is 240 g/mol. The molecule has 0 radical (unpaired) electrons. The van der Waals surface area contributed by atoms with E-state index in [9.17, 15) is 9.90 Å². The average Bonchev–Trinajstić information content (AvgIpc) is 2.38. The van der Waals surface area contributed by atoms with Gasteiger partial charge in [0.15, 0.2) is 0 Å². The minimum absolute atomic E-state index is 0.0823. The van der Waals surface area contributed by atoms with Crippen molar-refractivity contribution in [3.8, 4) is 23.1 Å². The van der Waals surface area contributed by atoms with Crippen LogP contribution in [0.5, 0.6) is 5.88 Å². The molecule has 0 unspecified atom stereocenters. The number of aromatic amines is 1. The smallest absolute Gasteiger partial charge is 0.251 e. The summed E-state index contributed by atoms with van der Waals surface area (Å²) in [6, 6.07) is 10.8. The summed E-state index contributed by atoms with van der Waals surface area (Å²) < 4.78 is 0. The van der Waals surface area contributed by atoms with Crippen molar-refractivity contribution < 1.29 is 5.11 Å². The van der Waals surface area contributed by atoms with Crippen LogP contribution in [0.4, 0.5) is 0 Å². The van der Waals surface area contributed by atoms with E-state index in [1.54, 1.807) is 0 Å². The van der Waals surface area contributed by atoms with Crippen LogP contribution in [0.25, 0.3) is 11.1 Å². The third kappa shape index (κ3) is 2.11. The van der Waals surface area contributed by atoms with Crippen LogP contribution < -0.4 is 5.56 Å². The summed E-state index contributed by atoms with van der Waals surface area (Å²) in [6.07, 6.45) is 0.923. The minimum Gasteiger partial charge on any atom is -0.494 e. The van der Waals surface area contributed by atoms with Crippen molar-refractivity contribution in [2.24, 2.45) is 0 Å². The van der Waals surface area contributed by atoms with Gasteiger partial charge >= 0.3 is 0 Å². The lowest BCUT2D eigenvalue weighted by molar-refractivity contribution is 0.450. The Labute approximate surface area is 104 Å². The number of nitriles is 1. The number of aromatic hydroxyl groups is 1. The van der Waals surface area contributed by atoms with Gasteiger partial charge in [0.1, 0.15) is 11.6 Å². The number of pyridine rings is 1. The van der Waals surface area contributed by atoms with Crippen molar-refractivity contribution in [3.63, 3.8) is 0 Å². The van der Waals surface area contributed by atoms with Crippen LogP contribution in [-0.4, -0.2) is 10.1 Å². The standard InChI is InChI=1S/C14H12N2O2/c1-2-9-3-5-10(6-4-9)11-7-13(17)16-14(18)12(11)8-15/h3-7H,2H2,1H3,(H2,16,17,18). The molecule has 0 aliphatic carbocycles. The molecule has 0 saturated carbocycles. The second-order valence-electron chi connectivity index (χ2n) is 3.93. The zero-order valence-electron chi connectivity index (χ0n) is 9.90. The number of nitrogens with one attached hydrogen (secondary N) is 1. The molecule has 0 amide bonds. The van der Waals surface area contributed by atoms with E-state index >= 15 is 0 Å². The summed E-state index contributed by atoms with van der Waals surface area (Å²) in [5.74, 6) is -0.389. The van der Waals surface area contributed by atoms with E-state index in [0.29, 0.717) is 5.56 Å². The second-order valence-corrected chi connectivity index (χ2v) is 3.93. The van der Waals surface area contributed by atoms with Gasteiger partial charge in [-0.05, 0) is 17.5 Å². The van der Waals surface area contributed by atoms with E-state index in [-0.39, 0.29) is 11.4 Å². The third-order valence-corrected chi connectivity index (χ3v) is 2.81. The fourth-order valence-electron chi connectivity index (χ4n) is 1.81. The Bertz CT molecular complexity index is 664. The van der Waals surface area contributed by atoms with Gasteiger partial charge in [0, 0.05) is 11.6 Å². The first kappa shape index (κ1) is 11.9. The Morgan fingerprint density at radius 1 is 1.33 bits per heavy atom. The van der Waals surface area contributed by atoms with Gasteiger partial charge in [0.25, 0.3) is 5.56 Å². The van der Waals surface area contributed by atoms with Gasteiger partial charge in [0.2, 0.25) is 5.88 Å². The number of H-pyrrole nitrogens is 1. The highest BCUT2D eigenvalue weighted by Crippen LogP contribution is 2.26. The van der Waals surface area contributed by atoms with E-state index < -0.39 is 5.56 Å². The molecule has 0 fully saturated rings. The lowest BCUT2D eigenvalue weighted by Gasteiger charge is -2.06. The van der Waals surface area contributed by atoms with Crippen LogP contribution in [0, 0.1) is 11.3 Å². The Morgan fingerprint density at radius 2 is 2.00 bits per heavy atom. The Kier molecular flexibility index (Phi) is 3.16. The molecule has 0 aliphatic rings. The summed E-state index contributed by atoms with van der Waals surface area (Å²) in [5, 5.41) is 18.6. The highest BCUT2D eigenvalue weighted by atomic mass is 16.3. The molecular weight excluding hydrogens is 228 g/mol. The van der Waals surface area contributed by atoms with Crippen LogP contribution in [0.2, 0.25) is 0 Å². The largest absolute Gasteiger partial charge is 0.494 e. The molecule has 1 aromatic carbocycles. The fourth-order valence-corrected chi connectivity index (χ4v) is 1.81. The van der Waals surface area contributed by atoms with E-state index in [0.717, 1.165) is 12.0 Å². The predicted molar refractivity (Wildman–Crippen MR) is 68.3 cm³/mol. The maximum atomic E-state index is 11.4. The van der Waals surface area contributed by atoms with Crippen molar-refractivity contribution in [3.05, 3.63) is 51.8 Å². The van der Waals surface area contributed by atoms with Crippen LogP contribution >= 0.6 is 0 Å². The fraction of sp³-hybridized carbons (Fsp3) is 0.143. The Balaban J connectivity index is 2.63. The van der Waals surface area contributed by atoms with Crippen molar-refractivity contribution in [1.82, 2.24) is 4.98 Å². The van der Waals surface area contributed by atoms with Gasteiger partial charge < -0.3 is 5.11 Å². The van der Waals surface area contributed by atoms with E-state index in [1.165, 1.54) is 11.6 Å². The number of benzene rings is 1. The van der Waals surface area contributed by atoms with Crippen LogP contribution in [0.15, 0.2) is 35.1 Å². The summed E-state index contributed by atoms with van der Waals surface area (Å²) in [5.41, 5.74) is 2.01. The highest BCUT2D eigenvalue weighted by molar-refractivity contribution is 5.72. The van der Waals surface area contributed by atoms with Crippen molar-refractivity contribution in [1.29, 1.82) is 5.26 Å². The van der Waals surface area contributed by atoms with Gasteiger partial charge in [-0.3, -0.25) is 9.78 Å². The summed E-state index contributed by atoms with van der Waals surface area (Å²) in [7, 11) is 0. The van der Waals surface area contributed by atoms with Gasteiger partial charge in [-0.25, -0.2) is 0 Å². The number of hydrogen-bond acceptors (Lipinski definition) is 3. The topological polar surface area (TPSA) is 76.9 Å². The maximum Gasteiger partial charge on any atom is 0.251 e. The molecule has 0 aliphatic heterocycles. The Morgan fingerprint density at radius 3 is 2.56 bits per heavy atom. The first-order chi connectivity index (χ1) is 8.65. The zero-order valence-corrected chi connectivity index (χ0v) is 9.90. The van der Waals surface area contributed by atoms with Crippen molar-refractivity contribution >= 4 is 0 Å². The molecule has 0 saturated heterocycles. The highest BCUT2D eigenvalue weighted by Gasteiger charge is 2.11. The van der Waals surface area contributed by atoms with E-state index in [1.807, 2.05) is 30.3 Å². The van der Waals surface area contributed by atoms with Crippen molar-refractivity contribution in [2.75, 3.05) is 0 Å². The number of aromatic nitrogens is 1. The van der Waals surface area contributed by atoms with E-state index in [2.05, 4.69) is 11.9 Å². The van der Waals surface area contributed by atoms with Crippen LogP contribution in [0.3, 0.4) is 0 Å². The van der Waals surface area contributed by atoms with Gasteiger partial charge in [-0.2, -0.15) is 5.26 Å². The molecule has 1 heterocycles. The molecule has 18 heavy (non-hydrogen) atoms. The summed E-state index contributed by atoms with van der Waals surface area (Å²) in [4.78, 5) is 13.6. The number of nitrogens with zero attached hydrogens (tertiary/aromatic N) is 1. The van der Waals surface area contributed by atoms with Gasteiger partial charge in [-0.15, -0.1) is 0 Å². The number of aryl methyl sites for hydroxylation is 1. The van der Waals surface area contributed by atoms with Crippen LogP contribution in [0.1, 0.15) is 18.1 Å². The van der Waals surface area contributed by atoms with Crippen molar-refractivity contribution in [2.45, 2.75) is 13.3 Å². The Hall–Kier alpha value is -2.54. The van der Waals surface area contributed by atoms with Gasteiger partial charge in [0.05, 0.1) is 0 Å². The zero-order chi connectivity index (χ0) is 13.1. The molecular formula is C14H12N2O2. The predicted octanol–water partition coefficient (Wildman–Crippen LogP) is 2.18. The van der Waals surface area contributed by atoms with Crippen LogP contribution in [-0.2, 0) is 6.42 Å². The summed E-state index contributed by atoms with van der Waals surface area (Å²) >= 11 is 0. The molecule has 2 N–H and O–H groups in total. The van der Waals surface area contributed by atoms with E-state index in [4.69, 9.17) is 5.26 Å². The molecule has 2 aromatic rings. The lowest BCUT2D eigenvalue weighted by Crippen LogP contribution is -2.06. The SMILES string of the molecule is CCc1ccc(-c2cc(=O)[nH]c(O)c2C#N)cc1. The molecule has 1 aromatic heterocycles. The number of hydrogen-bond donors (Lipinski definition) is 2. The monoisotopic (exact) mass is 240 g/mol.